The molecule has 0 spiro atoms. The molecule has 1 fully saturated rings. The van der Waals surface area contributed by atoms with Gasteiger partial charge in [-0.2, -0.15) is 0 Å². The second kappa shape index (κ2) is 4.89. The smallest absolute Gasteiger partial charge is 0.150 e. The summed E-state index contributed by atoms with van der Waals surface area (Å²) in [5, 5.41) is 2.13. The Hall–Kier alpha value is -1.49. The molecule has 4 nitrogen and oxygen atoms in total. The van der Waals surface area contributed by atoms with Crippen LogP contribution in [0.5, 0.6) is 0 Å². The van der Waals surface area contributed by atoms with Crippen LogP contribution in [0, 0.1) is 12.8 Å². The summed E-state index contributed by atoms with van der Waals surface area (Å²) in [5.41, 5.74) is 2.27. The van der Waals surface area contributed by atoms with Crippen molar-refractivity contribution in [3.05, 3.63) is 17.3 Å². The fourth-order valence-electron chi connectivity index (χ4n) is 2.68. The number of aryl methyl sites for hydroxylation is 1. The lowest BCUT2D eigenvalue weighted by atomic mass is 9.93. The molecule has 1 aliphatic rings. The molecule has 0 aromatic carbocycles. The molecule has 0 unspecified atom stereocenters. The van der Waals surface area contributed by atoms with Crippen LogP contribution in [0.1, 0.15) is 25.3 Å². The molecule has 19 heavy (non-hydrogen) atoms. The Kier molecular flexibility index (Phi) is 3.22. The van der Waals surface area contributed by atoms with Gasteiger partial charge in [0.15, 0.2) is 0 Å². The van der Waals surface area contributed by atoms with Crippen LogP contribution in [-0.2, 0) is 4.79 Å². The summed E-state index contributed by atoms with van der Waals surface area (Å²) in [6.07, 6.45) is 3.52. The first kappa shape index (κ1) is 12.5. The van der Waals surface area contributed by atoms with Gasteiger partial charge in [0.25, 0.3) is 0 Å². The van der Waals surface area contributed by atoms with Crippen molar-refractivity contribution in [1.29, 1.82) is 0 Å². The highest BCUT2D eigenvalue weighted by Crippen LogP contribution is 2.32. The van der Waals surface area contributed by atoms with Crippen molar-refractivity contribution >= 4 is 33.2 Å². The lowest BCUT2D eigenvalue weighted by Crippen LogP contribution is -2.36. The molecule has 0 saturated carbocycles. The molecule has 2 aromatic rings. The molecule has 100 valence electrons. The normalized spacial score (nSPS) is 17.1. The van der Waals surface area contributed by atoms with E-state index >= 15 is 0 Å². The fourth-order valence-corrected chi connectivity index (χ4v) is 3.70. The molecular formula is C14H17N3OS. The summed E-state index contributed by atoms with van der Waals surface area (Å²) in [4.78, 5) is 22.5. The van der Waals surface area contributed by atoms with Gasteiger partial charge in [-0.05, 0) is 37.6 Å². The van der Waals surface area contributed by atoms with Crippen LogP contribution in [0.2, 0.25) is 0 Å². The average Bonchev–Trinajstić information content (AvgIpc) is 2.81. The molecule has 2 aromatic heterocycles. The van der Waals surface area contributed by atoms with E-state index in [0.29, 0.717) is 5.78 Å². The Morgan fingerprint density at radius 1 is 1.37 bits per heavy atom. The molecule has 0 amide bonds. The van der Waals surface area contributed by atoms with Crippen molar-refractivity contribution in [2.45, 2.75) is 26.7 Å². The third-order valence-electron chi connectivity index (χ3n) is 3.88. The van der Waals surface area contributed by atoms with Crippen molar-refractivity contribution in [2.24, 2.45) is 5.92 Å². The number of carbonyl (C=O) groups excluding carboxylic acids is 1. The van der Waals surface area contributed by atoms with Crippen LogP contribution in [0.15, 0.2) is 11.7 Å². The Balaban J connectivity index is 1.88. The van der Waals surface area contributed by atoms with Crippen molar-refractivity contribution < 1.29 is 4.79 Å². The minimum Gasteiger partial charge on any atom is -0.355 e. The lowest BCUT2D eigenvalue weighted by Gasteiger charge is -2.31. The third-order valence-corrected chi connectivity index (χ3v) is 4.96. The summed E-state index contributed by atoms with van der Waals surface area (Å²) in [5.74, 6) is 1.59. The van der Waals surface area contributed by atoms with E-state index in [0.717, 1.165) is 37.3 Å². The first-order valence-corrected chi connectivity index (χ1v) is 7.49. The summed E-state index contributed by atoms with van der Waals surface area (Å²) in [7, 11) is 0. The number of aromatic nitrogens is 2. The second-order valence-corrected chi connectivity index (χ2v) is 6.05. The average molecular weight is 275 g/mol. The quantitative estimate of drug-likeness (QED) is 0.845. The van der Waals surface area contributed by atoms with E-state index in [9.17, 15) is 4.79 Å². The number of rotatable bonds is 2. The van der Waals surface area contributed by atoms with Gasteiger partial charge < -0.3 is 4.90 Å². The minimum absolute atomic E-state index is 0.235. The number of anilines is 1. The number of hydrogen-bond donors (Lipinski definition) is 0. The molecule has 1 aliphatic heterocycles. The highest BCUT2D eigenvalue weighted by atomic mass is 32.1. The summed E-state index contributed by atoms with van der Waals surface area (Å²) >= 11 is 1.71. The molecule has 1 saturated heterocycles. The van der Waals surface area contributed by atoms with Gasteiger partial charge in [-0.25, -0.2) is 9.97 Å². The number of fused-ring (bicyclic) bond motifs is 1. The monoisotopic (exact) mass is 275 g/mol. The zero-order valence-electron chi connectivity index (χ0n) is 11.2. The van der Waals surface area contributed by atoms with E-state index in [1.807, 2.05) is 0 Å². The van der Waals surface area contributed by atoms with Crippen LogP contribution in [0.4, 0.5) is 5.82 Å². The summed E-state index contributed by atoms with van der Waals surface area (Å²) in [6.45, 7) is 5.60. The highest BCUT2D eigenvalue weighted by molar-refractivity contribution is 7.18. The maximum atomic E-state index is 11.4. The summed E-state index contributed by atoms with van der Waals surface area (Å²) < 4.78 is 1.17. The van der Waals surface area contributed by atoms with Gasteiger partial charge >= 0.3 is 0 Å². The lowest BCUT2D eigenvalue weighted by molar-refractivity contribution is -0.121. The van der Waals surface area contributed by atoms with Crippen molar-refractivity contribution in [3.63, 3.8) is 0 Å². The van der Waals surface area contributed by atoms with Crippen molar-refractivity contribution in [2.75, 3.05) is 18.0 Å². The predicted molar refractivity (Wildman–Crippen MR) is 77.8 cm³/mol. The van der Waals surface area contributed by atoms with Crippen LogP contribution in [-0.4, -0.2) is 28.8 Å². The van der Waals surface area contributed by atoms with Crippen molar-refractivity contribution in [3.8, 4) is 0 Å². The van der Waals surface area contributed by atoms with E-state index in [-0.39, 0.29) is 5.92 Å². The maximum Gasteiger partial charge on any atom is 0.150 e. The van der Waals surface area contributed by atoms with Crippen LogP contribution >= 0.6 is 11.3 Å². The highest BCUT2D eigenvalue weighted by Gasteiger charge is 2.24. The van der Waals surface area contributed by atoms with Crippen molar-refractivity contribution in [1.82, 2.24) is 9.97 Å². The van der Waals surface area contributed by atoms with Crippen LogP contribution < -0.4 is 4.90 Å². The Bertz CT molecular complexity index is 614. The number of nitrogens with zero attached hydrogens (tertiary/aromatic N) is 3. The van der Waals surface area contributed by atoms with Crippen LogP contribution in [0.25, 0.3) is 10.2 Å². The molecule has 3 rings (SSSR count). The first-order chi connectivity index (χ1) is 9.16. The maximum absolute atomic E-state index is 11.4. The largest absolute Gasteiger partial charge is 0.355 e. The van der Waals surface area contributed by atoms with E-state index < -0.39 is 0 Å². The predicted octanol–water partition coefficient (Wildman–Crippen LogP) is 2.81. The summed E-state index contributed by atoms with van der Waals surface area (Å²) in [6, 6.07) is 0. The Morgan fingerprint density at radius 2 is 2.11 bits per heavy atom. The molecule has 0 aliphatic carbocycles. The number of carbonyl (C=O) groups is 1. The molecule has 3 heterocycles. The van der Waals surface area contributed by atoms with Gasteiger partial charge in [0.05, 0.1) is 10.2 Å². The van der Waals surface area contributed by atoms with Gasteiger partial charge in [0.1, 0.15) is 17.9 Å². The molecule has 5 heteroatoms. The van der Waals surface area contributed by atoms with Gasteiger partial charge in [-0.3, -0.25) is 4.79 Å². The topological polar surface area (TPSA) is 46.1 Å². The zero-order valence-corrected chi connectivity index (χ0v) is 12.0. The van der Waals surface area contributed by atoms with E-state index in [1.54, 1.807) is 24.6 Å². The zero-order chi connectivity index (χ0) is 13.4. The standard InChI is InChI=1S/C14H17N3OS/c1-9-7-19-13-12(9)15-8-16-14(13)17-5-3-11(4-6-17)10(2)18/h7-8,11H,3-6H2,1-2H3. The van der Waals surface area contributed by atoms with Gasteiger partial charge in [0.2, 0.25) is 0 Å². The number of ketones is 1. The van der Waals surface area contributed by atoms with E-state index in [4.69, 9.17) is 0 Å². The second-order valence-electron chi connectivity index (χ2n) is 5.17. The van der Waals surface area contributed by atoms with E-state index in [2.05, 4.69) is 27.2 Å². The van der Waals surface area contributed by atoms with Gasteiger partial charge in [0, 0.05) is 19.0 Å². The number of piperidine rings is 1. The SMILES string of the molecule is CC(=O)C1CCN(c2ncnc3c(C)csc23)CC1. The Labute approximate surface area is 116 Å². The van der Waals surface area contributed by atoms with E-state index in [1.165, 1.54) is 10.3 Å². The first-order valence-electron chi connectivity index (χ1n) is 6.61. The number of thiophene rings is 1. The molecular weight excluding hydrogens is 258 g/mol. The molecule has 0 bridgehead atoms. The van der Waals surface area contributed by atoms with Gasteiger partial charge in [-0.1, -0.05) is 0 Å². The fraction of sp³-hybridized carbons (Fsp3) is 0.500. The number of hydrogen-bond acceptors (Lipinski definition) is 5. The Morgan fingerprint density at radius 3 is 2.79 bits per heavy atom. The molecule has 0 radical (unpaired) electrons. The van der Waals surface area contributed by atoms with Gasteiger partial charge in [-0.15, -0.1) is 11.3 Å². The van der Waals surface area contributed by atoms with Crippen LogP contribution in [0.3, 0.4) is 0 Å². The number of Topliss-reactive ketones (excluding diaryl/α,β-unsaturated/α-hetero) is 1. The third kappa shape index (κ3) is 2.23. The molecule has 0 atom stereocenters. The molecule has 0 N–H and O–H groups in total. The minimum atomic E-state index is 0.235.